The Morgan fingerprint density at radius 2 is 1.80 bits per heavy atom. The third-order valence-corrected chi connectivity index (χ3v) is 4.41. The zero-order valence-corrected chi connectivity index (χ0v) is 14.3. The fourth-order valence-corrected chi connectivity index (χ4v) is 3.05. The number of halogens is 1. The lowest BCUT2D eigenvalue weighted by Crippen LogP contribution is -2.33. The smallest absolute Gasteiger partial charge is 0.154 e. The first-order chi connectivity index (χ1) is 12.3. The number of anilines is 2. The van der Waals surface area contributed by atoms with E-state index in [0.29, 0.717) is 0 Å². The first kappa shape index (κ1) is 15.7. The summed E-state index contributed by atoms with van der Waals surface area (Å²) in [4.78, 5) is 8.68. The Labute approximate surface area is 151 Å². The number of hydrazine groups is 1. The maximum absolute atomic E-state index is 5.96. The van der Waals surface area contributed by atoms with Gasteiger partial charge >= 0.3 is 0 Å². The van der Waals surface area contributed by atoms with Crippen molar-refractivity contribution in [3.63, 3.8) is 0 Å². The molecule has 3 heterocycles. The number of aromatic nitrogens is 2. The Bertz CT molecular complexity index is 891. The summed E-state index contributed by atoms with van der Waals surface area (Å²) in [5.74, 6) is 0.934. The molecule has 0 fully saturated rings. The summed E-state index contributed by atoms with van der Waals surface area (Å²) in [6.07, 6.45) is 8.60. The van der Waals surface area contributed by atoms with Crippen LogP contribution in [0.4, 0.5) is 11.5 Å². The monoisotopic (exact) mass is 348 g/mol. The van der Waals surface area contributed by atoms with Gasteiger partial charge in [0.15, 0.2) is 5.82 Å². The van der Waals surface area contributed by atoms with Crippen molar-refractivity contribution in [1.29, 1.82) is 0 Å². The molecule has 4 nitrogen and oxygen atoms in total. The molecule has 25 heavy (non-hydrogen) atoms. The van der Waals surface area contributed by atoms with Crippen LogP contribution in [0.2, 0.25) is 5.02 Å². The van der Waals surface area contributed by atoms with E-state index in [0.717, 1.165) is 35.1 Å². The van der Waals surface area contributed by atoms with Crippen molar-refractivity contribution in [3.8, 4) is 0 Å². The molecule has 1 N–H and O–H groups in total. The number of nitrogens with one attached hydrogen (secondary N) is 1. The number of hydrogen-bond acceptors (Lipinski definition) is 4. The first-order valence-corrected chi connectivity index (χ1v) is 8.50. The summed E-state index contributed by atoms with van der Waals surface area (Å²) in [6, 6.07) is 15.9. The lowest BCUT2D eigenvalue weighted by molar-refractivity contribution is 0.945. The molecule has 0 bridgehead atoms. The molecule has 0 saturated heterocycles. The standard InChI is InChI=1S/C20H17ClN4/c21-17-3-5-18(6-4-17)24-25-13-9-16(14-15-7-11-22-12-8-15)19-2-1-10-23-20(19)25/h1-12,24H,13-14H2. The largest absolute Gasteiger partial charge is 0.297 e. The summed E-state index contributed by atoms with van der Waals surface area (Å²) in [5, 5.41) is 2.77. The van der Waals surface area contributed by atoms with Crippen LogP contribution in [0.1, 0.15) is 11.1 Å². The number of pyridine rings is 2. The lowest BCUT2D eigenvalue weighted by atomic mass is 9.96. The van der Waals surface area contributed by atoms with Crippen molar-refractivity contribution in [2.75, 3.05) is 17.0 Å². The molecule has 1 aliphatic heterocycles. The number of rotatable bonds is 4. The topological polar surface area (TPSA) is 41.0 Å². The highest BCUT2D eigenvalue weighted by molar-refractivity contribution is 6.30. The molecule has 3 aromatic rings. The van der Waals surface area contributed by atoms with Crippen LogP contribution in [0.3, 0.4) is 0 Å². The molecule has 1 aliphatic rings. The highest BCUT2D eigenvalue weighted by Gasteiger charge is 2.20. The molecule has 124 valence electrons. The average Bonchev–Trinajstić information content (AvgIpc) is 2.66. The lowest BCUT2D eigenvalue weighted by Gasteiger charge is -2.30. The molecule has 2 aromatic heterocycles. The van der Waals surface area contributed by atoms with Crippen LogP contribution in [0, 0.1) is 0 Å². The van der Waals surface area contributed by atoms with Crippen LogP contribution in [-0.4, -0.2) is 16.5 Å². The van der Waals surface area contributed by atoms with Crippen molar-refractivity contribution >= 4 is 28.7 Å². The Morgan fingerprint density at radius 1 is 1.00 bits per heavy atom. The van der Waals surface area contributed by atoms with Crippen LogP contribution in [0.25, 0.3) is 5.57 Å². The van der Waals surface area contributed by atoms with Crippen LogP contribution >= 0.6 is 11.6 Å². The van der Waals surface area contributed by atoms with Crippen molar-refractivity contribution < 1.29 is 0 Å². The number of benzene rings is 1. The molecule has 0 spiro atoms. The minimum atomic E-state index is 0.724. The van der Waals surface area contributed by atoms with E-state index < -0.39 is 0 Å². The second-order valence-corrected chi connectivity index (χ2v) is 6.30. The minimum absolute atomic E-state index is 0.724. The number of allylic oxidation sites excluding steroid dienone is 1. The summed E-state index contributed by atoms with van der Waals surface area (Å²) in [7, 11) is 0. The second kappa shape index (κ2) is 6.95. The first-order valence-electron chi connectivity index (χ1n) is 8.13. The van der Waals surface area contributed by atoms with Crippen molar-refractivity contribution in [2.45, 2.75) is 6.42 Å². The van der Waals surface area contributed by atoms with E-state index in [1.165, 1.54) is 11.1 Å². The van der Waals surface area contributed by atoms with Crippen LogP contribution in [-0.2, 0) is 6.42 Å². The quantitative estimate of drug-likeness (QED) is 0.748. The minimum Gasteiger partial charge on any atom is -0.297 e. The predicted molar refractivity (Wildman–Crippen MR) is 103 cm³/mol. The second-order valence-electron chi connectivity index (χ2n) is 5.87. The number of fused-ring (bicyclic) bond motifs is 1. The molecule has 0 saturated carbocycles. The van der Waals surface area contributed by atoms with Crippen LogP contribution < -0.4 is 10.4 Å². The van der Waals surface area contributed by atoms with E-state index in [1.54, 1.807) is 0 Å². The van der Waals surface area contributed by atoms with Gasteiger partial charge in [-0.25, -0.2) is 4.98 Å². The van der Waals surface area contributed by atoms with Gasteiger partial charge in [0.1, 0.15) is 0 Å². The number of nitrogens with zero attached hydrogens (tertiary/aromatic N) is 3. The van der Waals surface area contributed by atoms with Gasteiger partial charge in [0.25, 0.3) is 0 Å². The maximum Gasteiger partial charge on any atom is 0.154 e. The Balaban J connectivity index is 1.60. The fraction of sp³-hybridized carbons (Fsp3) is 0.100. The molecule has 5 heteroatoms. The summed E-state index contributed by atoms with van der Waals surface area (Å²) < 4.78 is 0. The van der Waals surface area contributed by atoms with E-state index in [2.05, 4.69) is 44.7 Å². The third-order valence-electron chi connectivity index (χ3n) is 4.16. The van der Waals surface area contributed by atoms with Crippen LogP contribution in [0.5, 0.6) is 0 Å². The Kier molecular flexibility index (Phi) is 4.36. The van der Waals surface area contributed by atoms with Gasteiger partial charge in [-0.05, 0) is 66.1 Å². The highest BCUT2D eigenvalue weighted by Crippen LogP contribution is 2.31. The maximum atomic E-state index is 5.96. The fourth-order valence-electron chi connectivity index (χ4n) is 2.93. The van der Waals surface area contributed by atoms with Crippen molar-refractivity contribution in [1.82, 2.24) is 9.97 Å². The van der Waals surface area contributed by atoms with Gasteiger partial charge in [-0.1, -0.05) is 17.7 Å². The molecule has 0 amide bonds. The van der Waals surface area contributed by atoms with Gasteiger partial charge in [-0.15, -0.1) is 0 Å². The molecular formula is C20H17ClN4. The molecule has 4 rings (SSSR count). The van der Waals surface area contributed by atoms with Gasteiger partial charge in [0, 0.05) is 29.2 Å². The van der Waals surface area contributed by atoms with Gasteiger partial charge in [0.2, 0.25) is 0 Å². The van der Waals surface area contributed by atoms with Crippen molar-refractivity contribution in [3.05, 3.63) is 89.3 Å². The highest BCUT2D eigenvalue weighted by atomic mass is 35.5. The van der Waals surface area contributed by atoms with Gasteiger partial charge in [0.05, 0.1) is 12.2 Å². The zero-order valence-electron chi connectivity index (χ0n) is 13.6. The van der Waals surface area contributed by atoms with E-state index in [-0.39, 0.29) is 0 Å². The third kappa shape index (κ3) is 3.49. The summed E-state index contributed by atoms with van der Waals surface area (Å²) in [6.45, 7) is 0.743. The molecule has 1 aromatic carbocycles. The van der Waals surface area contributed by atoms with E-state index in [9.17, 15) is 0 Å². The SMILES string of the molecule is Clc1ccc(NN2CC=C(Cc3ccncc3)c3cccnc32)cc1. The number of hydrogen-bond donors (Lipinski definition) is 1. The van der Waals surface area contributed by atoms with E-state index in [4.69, 9.17) is 11.6 Å². The molecule has 0 atom stereocenters. The van der Waals surface area contributed by atoms with E-state index in [1.807, 2.05) is 48.9 Å². The Morgan fingerprint density at radius 3 is 2.60 bits per heavy atom. The zero-order chi connectivity index (χ0) is 17.1. The van der Waals surface area contributed by atoms with E-state index >= 15 is 0 Å². The predicted octanol–water partition coefficient (Wildman–Crippen LogP) is 4.60. The molecule has 0 radical (unpaired) electrons. The Hall–Kier alpha value is -2.85. The van der Waals surface area contributed by atoms with Crippen LogP contribution in [0.15, 0.2) is 73.2 Å². The summed E-state index contributed by atoms with van der Waals surface area (Å²) >= 11 is 5.96. The van der Waals surface area contributed by atoms with Gasteiger partial charge in [-0.3, -0.25) is 15.4 Å². The van der Waals surface area contributed by atoms with Crippen molar-refractivity contribution in [2.24, 2.45) is 0 Å². The normalized spacial score (nSPS) is 13.2. The average molecular weight is 349 g/mol. The van der Waals surface area contributed by atoms with Gasteiger partial charge in [-0.2, -0.15) is 0 Å². The van der Waals surface area contributed by atoms with Gasteiger partial charge < -0.3 is 0 Å². The molecule has 0 unspecified atom stereocenters. The molecular weight excluding hydrogens is 332 g/mol. The molecule has 0 aliphatic carbocycles. The summed E-state index contributed by atoms with van der Waals surface area (Å²) in [5.41, 5.74) is 8.06.